The third kappa shape index (κ3) is 1.97. The van der Waals surface area contributed by atoms with Gasteiger partial charge in [0, 0.05) is 51.3 Å². The van der Waals surface area contributed by atoms with Crippen LogP contribution in [0.3, 0.4) is 0 Å². The second-order valence-corrected chi connectivity index (χ2v) is 5.47. The lowest BCUT2D eigenvalue weighted by molar-refractivity contribution is -0.110. The number of aromatic nitrogens is 1. The Morgan fingerprint density at radius 3 is 3.16 bits per heavy atom. The molecule has 3 atom stereocenters. The highest BCUT2D eigenvalue weighted by Gasteiger charge is 2.38. The van der Waals surface area contributed by atoms with Gasteiger partial charge in [0.1, 0.15) is 6.10 Å². The molecular formula is C14H19N3O2. The number of anilines is 1. The molecular weight excluding hydrogens is 242 g/mol. The molecule has 1 aromatic rings. The molecule has 1 N–H and O–H groups in total. The van der Waals surface area contributed by atoms with Crippen LogP contribution in [-0.4, -0.2) is 49.5 Å². The summed E-state index contributed by atoms with van der Waals surface area (Å²) in [6.45, 7) is 3.88. The molecule has 3 aliphatic rings. The quantitative estimate of drug-likeness (QED) is 0.810. The Morgan fingerprint density at radius 2 is 2.32 bits per heavy atom. The van der Waals surface area contributed by atoms with Gasteiger partial charge in [-0.3, -0.25) is 0 Å². The molecule has 5 heteroatoms. The van der Waals surface area contributed by atoms with Gasteiger partial charge in [-0.05, 0) is 12.1 Å². The van der Waals surface area contributed by atoms with Crippen molar-refractivity contribution in [1.82, 2.24) is 10.3 Å². The molecule has 0 aliphatic carbocycles. The van der Waals surface area contributed by atoms with E-state index in [0.29, 0.717) is 6.04 Å². The van der Waals surface area contributed by atoms with Gasteiger partial charge in [-0.1, -0.05) is 0 Å². The van der Waals surface area contributed by atoms with E-state index in [1.807, 2.05) is 18.3 Å². The van der Waals surface area contributed by atoms with Crippen LogP contribution in [0.5, 0.6) is 5.75 Å². The van der Waals surface area contributed by atoms with Gasteiger partial charge in [-0.15, -0.1) is 0 Å². The van der Waals surface area contributed by atoms with Crippen molar-refractivity contribution in [2.45, 2.75) is 31.1 Å². The summed E-state index contributed by atoms with van der Waals surface area (Å²) in [7, 11) is 0. The number of pyridine rings is 1. The lowest BCUT2D eigenvalue weighted by atomic mass is 9.98. The molecule has 4 heterocycles. The van der Waals surface area contributed by atoms with E-state index in [-0.39, 0.29) is 12.2 Å². The molecule has 1 aromatic heterocycles. The van der Waals surface area contributed by atoms with Crippen LogP contribution in [0.15, 0.2) is 18.3 Å². The Labute approximate surface area is 112 Å². The molecule has 3 aliphatic heterocycles. The van der Waals surface area contributed by atoms with Gasteiger partial charge in [-0.2, -0.15) is 0 Å². The maximum absolute atomic E-state index is 6.20. The first-order valence-electron chi connectivity index (χ1n) is 7.12. The van der Waals surface area contributed by atoms with Crippen LogP contribution in [0.2, 0.25) is 0 Å². The maximum atomic E-state index is 6.20. The first kappa shape index (κ1) is 11.5. The first-order chi connectivity index (χ1) is 9.42. The minimum atomic E-state index is 0.159. The fourth-order valence-electron chi connectivity index (χ4n) is 3.19. The average molecular weight is 261 g/mol. The summed E-state index contributed by atoms with van der Waals surface area (Å²) in [5, 5.41) is 3.47. The fraction of sp³-hybridized carbons (Fsp3) is 0.643. The Hall–Kier alpha value is -1.33. The van der Waals surface area contributed by atoms with E-state index in [2.05, 4.69) is 15.2 Å². The summed E-state index contributed by atoms with van der Waals surface area (Å²) in [6, 6.07) is 4.43. The number of piperazine rings is 1. The minimum Gasteiger partial charge on any atom is -0.484 e. The lowest BCUT2D eigenvalue weighted by Crippen LogP contribution is -2.53. The van der Waals surface area contributed by atoms with Crippen molar-refractivity contribution >= 4 is 5.82 Å². The standard InChI is InChI=1S/C14H19N3O2/c1-2-12-14(16-4-1)17-6-5-15-9-10(17)8-13(19-12)11-3-7-18-11/h1-2,4,10-11,13,15H,3,5-9H2. The second-order valence-electron chi connectivity index (χ2n) is 5.47. The smallest absolute Gasteiger partial charge is 0.171 e. The summed E-state index contributed by atoms with van der Waals surface area (Å²) >= 11 is 0. The first-order valence-corrected chi connectivity index (χ1v) is 7.12. The van der Waals surface area contributed by atoms with Crippen LogP contribution < -0.4 is 15.0 Å². The number of rotatable bonds is 1. The largest absolute Gasteiger partial charge is 0.484 e. The van der Waals surface area contributed by atoms with Crippen molar-refractivity contribution in [3.63, 3.8) is 0 Å². The van der Waals surface area contributed by atoms with E-state index in [4.69, 9.17) is 9.47 Å². The Balaban J connectivity index is 1.68. The molecule has 102 valence electrons. The van der Waals surface area contributed by atoms with Crippen LogP contribution in [0.1, 0.15) is 12.8 Å². The number of hydrogen-bond acceptors (Lipinski definition) is 5. The normalized spacial score (nSPS) is 33.5. The van der Waals surface area contributed by atoms with Crippen molar-refractivity contribution in [3.8, 4) is 5.75 Å². The summed E-state index contributed by atoms with van der Waals surface area (Å²) in [5.74, 6) is 1.91. The minimum absolute atomic E-state index is 0.159. The third-order valence-electron chi connectivity index (χ3n) is 4.30. The molecule has 0 spiro atoms. The van der Waals surface area contributed by atoms with Crippen LogP contribution in [0, 0.1) is 0 Å². The molecule has 5 nitrogen and oxygen atoms in total. The Bertz CT molecular complexity index is 464. The van der Waals surface area contributed by atoms with Crippen molar-refractivity contribution < 1.29 is 9.47 Å². The number of nitrogens with zero attached hydrogens (tertiary/aromatic N) is 2. The van der Waals surface area contributed by atoms with Gasteiger partial charge in [0.2, 0.25) is 0 Å². The zero-order valence-corrected chi connectivity index (χ0v) is 10.9. The Morgan fingerprint density at radius 1 is 1.37 bits per heavy atom. The molecule has 2 saturated heterocycles. The Kier molecular flexibility index (Phi) is 2.81. The predicted molar refractivity (Wildman–Crippen MR) is 71.6 cm³/mol. The third-order valence-corrected chi connectivity index (χ3v) is 4.30. The topological polar surface area (TPSA) is 46.6 Å². The summed E-state index contributed by atoms with van der Waals surface area (Å²) in [6.07, 6.45) is 4.39. The van der Waals surface area contributed by atoms with Crippen LogP contribution >= 0.6 is 0 Å². The monoisotopic (exact) mass is 261 g/mol. The van der Waals surface area contributed by atoms with Crippen molar-refractivity contribution in [1.29, 1.82) is 0 Å². The summed E-state index contributed by atoms with van der Waals surface area (Å²) in [4.78, 5) is 6.93. The average Bonchev–Trinajstić information content (AvgIpc) is 2.53. The molecule has 0 saturated carbocycles. The molecule has 0 radical (unpaired) electrons. The van der Waals surface area contributed by atoms with E-state index in [9.17, 15) is 0 Å². The summed E-state index contributed by atoms with van der Waals surface area (Å²) in [5.41, 5.74) is 0. The van der Waals surface area contributed by atoms with Crippen molar-refractivity contribution in [3.05, 3.63) is 18.3 Å². The van der Waals surface area contributed by atoms with Gasteiger partial charge in [0.15, 0.2) is 11.6 Å². The van der Waals surface area contributed by atoms with Crippen molar-refractivity contribution in [2.75, 3.05) is 31.1 Å². The molecule has 0 bridgehead atoms. The second kappa shape index (κ2) is 4.65. The van der Waals surface area contributed by atoms with Crippen LogP contribution in [0.25, 0.3) is 0 Å². The highest BCUT2D eigenvalue weighted by atomic mass is 16.6. The maximum Gasteiger partial charge on any atom is 0.171 e. The number of fused-ring (bicyclic) bond motifs is 3. The number of hydrogen-bond donors (Lipinski definition) is 1. The molecule has 19 heavy (non-hydrogen) atoms. The zero-order valence-electron chi connectivity index (χ0n) is 10.9. The van der Waals surface area contributed by atoms with E-state index in [1.165, 1.54) is 0 Å². The summed E-state index contributed by atoms with van der Waals surface area (Å²) < 4.78 is 11.8. The molecule has 0 amide bonds. The van der Waals surface area contributed by atoms with Gasteiger partial charge in [0.25, 0.3) is 0 Å². The number of nitrogens with one attached hydrogen (secondary N) is 1. The lowest BCUT2D eigenvalue weighted by Gasteiger charge is -2.38. The molecule has 0 aromatic carbocycles. The van der Waals surface area contributed by atoms with E-state index < -0.39 is 0 Å². The van der Waals surface area contributed by atoms with Crippen LogP contribution in [0.4, 0.5) is 5.82 Å². The SMILES string of the molecule is c1cnc2c(c1)OC(C1CCO1)CC1CNCCN21. The zero-order chi connectivity index (χ0) is 12.7. The van der Waals surface area contributed by atoms with Gasteiger partial charge in [0.05, 0.1) is 6.10 Å². The van der Waals surface area contributed by atoms with E-state index in [0.717, 1.165) is 50.7 Å². The van der Waals surface area contributed by atoms with Crippen molar-refractivity contribution in [2.24, 2.45) is 0 Å². The van der Waals surface area contributed by atoms with Crippen LogP contribution in [-0.2, 0) is 4.74 Å². The van der Waals surface area contributed by atoms with E-state index >= 15 is 0 Å². The molecule has 2 fully saturated rings. The van der Waals surface area contributed by atoms with Gasteiger partial charge >= 0.3 is 0 Å². The van der Waals surface area contributed by atoms with Gasteiger partial charge < -0.3 is 19.7 Å². The molecule has 4 rings (SSSR count). The fourth-order valence-corrected chi connectivity index (χ4v) is 3.19. The van der Waals surface area contributed by atoms with E-state index in [1.54, 1.807) is 0 Å². The highest BCUT2D eigenvalue weighted by molar-refractivity contribution is 5.54. The predicted octanol–water partition coefficient (Wildman–Crippen LogP) is 0.800. The molecule has 3 unspecified atom stereocenters. The van der Waals surface area contributed by atoms with Gasteiger partial charge in [-0.25, -0.2) is 4.98 Å². The highest BCUT2D eigenvalue weighted by Crippen LogP contribution is 2.36. The number of ether oxygens (including phenoxy) is 2.